The molecule has 0 saturated carbocycles. The number of rotatable bonds is 5. The molecule has 0 aliphatic heterocycles. The van der Waals surface area contributed by atoms with Gasteiger partial charge in [0.05, 0.1) is 11.4 Å². The van der Waals surface area contributed by atoms with Gasteiger partial charge >= 0.3 is 0 Å². The van der Waals surface area contributed by atoms with E-state index in [9.17, 15) is 4.79 Å². The van der Waals surface area contributed by atoms with Gasteiger partial charge in [-0.1, -0.05) is 48.2 Å². The standard InChI is InChI=1S/C18H15N5OS/c1-12-6-2-5-9-16(12)23-18(20-21-22-23)25-11-17(24)14-10-19-15-8-4-3-7-13(14)15/h2-10,19H,11H2,1H3. The number of aryl methyl sites for hydroxylation is 1. The monoisotopic (exact) mass is 349 g/mol. The molecule has 0 aliphatic rings. The van der Waals surface area contributed by atoms with Crippen molar-refractivity contribution in [3.63, 3.8) is 0 Å². The number of benzene rings is 2. The number of para-hydroxylation sites is 2. The molecule has 0 saturated heterocycles. The summed E-state index contributed by atoms with van der Waals surface area (Å²) in [6.45, 7) is 2.00. The lowest BCUT2D eigenvalue weighted by Gasteiger charge is -2.06. The molecule has 2 aromatic heterocycles. The van der Waals surface area contributed by atoms with Crippen molar-refractivity contribution < 1.29 is 4.79 Å². The van der Waals surface area contributed by atoms with Crippen LogP contribution in [0.15, 0.2) is 59.9 Å². The van der Waals surface area contributed by atoms with Gasteiger partial charge in [-0.3, -0.25) is 4.79 Å². The number of thioether (sulfide) groups is 1. The van der Waals surface area contributed by atoms with E-state index in [0.29, 0.717) is 10.7 Å². The molecule has 124 valence electrons. The third-order valence-corrected chi connectivity index (χ3v) is 4.93. The summed E-state index contributed by atoms with van der Waals surface area (Å²) >= 11 is 1.34. The average Bonchev–Trinajstić information content (AvgIpc) is 3.27. The number of ketones is 1. The first-order valence-electron chi connectivity index (χ1n) is 7.80. The quantitative estimate of drug-likeness (QED) is 0.441. The minimum Gasteiger partial charge on any atom is -0.360 e. The van der Waals surface area contributed by atoms with Crippen LogP contribution >= 0.6 is 11.8 Å². The highest BCUT2D eigenvalue weighted by atomic mass is 32.2. The Morgan fingerprint density at radius 3 is 2.84 bits per heavy atom. The maximum Gasteiger partial charge on any atom is 0.214 e. The molecule has 0 radical (unpaired) electrons. The van der Waals surface area contributed by atoms with Crippen LogP contribution in [-0.4, -0.2) is 36.7 Å². The van der Waals surface area contributed by atoms with E-state index in [2.05, 4.69) is 20.5 Å². The number of Topliss-reactive ketones (excluding diaryl/α,β-unsaturated/α-hetero) is 1. The Morgan fingerprint density at radius 2 is 1.96 bits per heavy atom. The van der Waals surface area contributed by atoms with Gasteiger partial charge in [0.25, 0.3) is 0 Å². The van der Waals surface area contributed by atoms with Crippen LogP contribution in [-0.2, 0) is 0 Å². The maximum atomic E-state index is 12.6. The fraction of sp³-hybridized carbons (Fsp3) is 0.111. The van der Waals surface area contributed by atoms with Crippen LogP contribution in [0.1, 0.15) is 15.9 Å². The highest BCUT2D eigenvalue weighted by Crippen LogP contribution is 2.23. The van der Waals surface area contributed by atoms with Gasteiger partial charge < -0.3 is 4.98 Å². The molecule has 6 nitrogen and oxygen atoms in total. The molecular formula is C18H15N5OS. The molecular weight excluding hydrogens is 334 g/mol. The summed E-state index contributed by atoms with van der Waals surface area (Å²) in [5.41, 5.74) is 3.63. The number of fused-ring (bicyclic) bond motifs is 1. The zero-order chi connectivity index (χ0) is 17.2. The van der Waals surface area contributed by atoms with E-state index in [4.69, 9.17) is 0 Å². The summed E-state index contributed by atoms with van der Waals surface area (Å²) in [6.07, 6.45) is 1.76. The van der Waals surface area contributed by atoms with Gasteiger partial charge in [-0.2, -0.15) is 4.68 Å². The summed E-state index contributed by atoms with van der Waals surface area (Å²) in [6, 6.07) is 15.6. The molecule has 0 amide bonds. The van der Waals surface area contributed by atoms with Crippen molar-refractivity contribution >= 4 is 28.4 Å². The van der Waals surface area contributed by atoms with E-state index in [1.165, 1.54) is 11.8 Å². The summed E-state index contributed by atoms with van der Waals surface area (Å²) in [7, 11) is 0. The van der Waals surface area contributed by atoms with Crippen molar-refractivity contribution in [2.75, 3.05) is 5.75 Å². The molecule has 0 bridgehead atoms. The van der Waals surface area contributed by atoms with Crippen LogP contribution in [0, 0.1) is 6.92 Å². The van der Waals surface area contributed by atoms with Crippen LogP contribution in [0.3, 0.4) is 0 Å². The van der Waals surface area contributed by atoms with Gasteiger partial charge in [0.15, 0.2) is 5.78 Å². The summed E-state index contributed by atoms with van der Waals surface area (Å²) in [5.74, 6) is 0.315. The highest BCUT2D eigenvalue weighted by molar-refractivity contribution is 7.99. The Labute approximate surface area is 148 Å². The second-order valence-corrected chi connectivity index (χ2v) is 6.56. The molecule has 2 aromatic carbocycles. The van der Waals surface area contributed by atoms with Gasteiger partial charge in [-0.15, -0.1) is 5.10 Å². The first-order chi connectivity index (χ1) is 12.2. The van der Waals surface area contributed by atoms with Crippen LogP contribution < -0.4 is 0 Å². The molecule has 1 N–H and O–H groups in total. The Balaban J connectivity index is 1.56. The van der Waals surface area contributed by atoms with Crippen molar-refractivity contribution in [1.82, 2.24) is 25.2 Å². The second kappa shape index (κ2) is 6.52. The normalized spacial score (nSPS) is 11.1. The molecule has 2 heterocycles. The molecule has 0 fully saturated rings. The molecule has 0 atom stereocenters. The average molecular weight is 349 g/mol. The number of hydrogen-bond acceptors (Lipinski definition) is 5. The number of hydrogen-bond donors (Lipinski definition) is 1. The fourth-order valence-corrected chi connectivity index (χ4v) is 3.50. The third-order valence-electron chi connectivity index (χ3n) is 4.01. The van der Waals surface area contributed by atoms with Crippen molar-refractivity contribution in [3.05, 3.63) is 65.9 Å². The van der Waals surface area contributed by atoms with Crippen LogP contribution in [0.5, 0.6) is 0 Å². The van der Waals surface area contributed by atoms with E-state index in [1.54, 1.807) is 10.9 Å². The smallest absolute Gasteiger partial charge is 0.214 e. The second-order valence-electron chi connectivity index (χ2n) is 5.62. The summed E-state index contributed by atoms with van der Waals surface area (Å²) in [4.78, 5) is 15.7. The van der Waals surface area contributed by atoms with Crippen molar-refractivity contribution in [2.24, 2.45) is 0 Å². The zero-order valence-corrected chi connectivity index (χ0v) is 14.3. The number of carbonyl (C=O) groups is 1. The predicted octanol–water partition coefficient (Wildman–Crippen LogP) is 3.43. The third kappa shape index (κ3) is 2.94. The van der Waals surface area contributed by atoms with Crippen LogP contribution in [0.2, 0.25) is 0 Å². The number of nitrogens with zero attached hydrogens (tertiary/aromatic N) is 4. The van der Waals surface area contributed by atoms with Crippen molar-refractivity contribution in [1.29, 1.82) is 0 Å². The minimum atomic E-state index is 0.0433. The molecule has 25 heavy (non-hydrogen) atoms. The lowest BCUT2D eigenvalue weighted by molar-refractivity contribution is 0.102. The van der Waals surface area contributed by atoms with E-state index in [1.807, 2.05) is 55.5 Å². The van der Waals surface area contributed by atoms with E-state index >= 15 is 0 Å². The topological polar surface area (TPSA) is 76.5 Å². The zero-order valence-electron chi connectivity index (χ0n) is 13.5. The Bertz CT molecular complexity index is 1050. The molecule has 0 aliphatic carbocycles. The number of H-pyrrole nitrogens is 1. The molecule has 0 spiro atoms. The lowest BCUT2D eigenvalue weighted by atomic mass is 10.1. The first-order valence-corrected chi connectivity index (χ1v) is 8.79. The largest absolute Gasteiger partial charge is 0.360 e. The van der Waals surface area contributed by atoms with Gasteiger partial charge in [0, 0.05) is 22.7 Å². The number of aromatic nitrogens is 5. The maximum absolute atomic E-state index is 12.6. The molecule has 4 rings (SSSR count). The number of carbonyl (C=O) groups excluding carboxylic acids is 1. The summed E-state index contributed by atoms with van der Waals surface area (Å²) < 4.78 is 1.67. The molecule has 0 unspecified atom stereocenters. The Morgan fingerprint density at radius 1 is 1.16 bits per heavy atom. The lowest BCUT2D eigenvalue weighted by Crippen LogP contribution is -2.05. The van der Waals surface area contributed by atoms with Crippen LogP contribution in [0.25, 0.3) is 16.6 Å². The number of tetrazole rings is 1. The van der Waals surface area contributed by atoms with E-state index < -0.39 is 0 Å². The Hall–Kier alpha value is -2.93. The molecule has 7 heteroatoms. The number of nitrogens with one attached hydrogen (secondary N) is 1. The van der Waals surface area contributed by atoms with Gasteiger partial charge in [-0.05, 0) is 35.0 Å². The van der Waals surface area contributed by atoms with Crippen LogP contribution in [0.4, 0.5) is 0 Å². The SMILES string of the molecule is Cc1ccccc1-n1nnnc1SCC(=O)c1c[nH]c2ccccc12. The number of aromatic amines is 1. The Kier molecular flexibility index (Phi) is 4.07. The van der Waals surface area contributed by atoms with Crippen molar-refractivity contribution in [2.45, 2.75) is 12.1 Å². The fourth-order valence-electron chi connectivity index (χ4n) is 2.73. The van der Waals surface area contributed by atoms with Gasteiger partial charge in [0.2, 0.25) is 5.16 Å². The van der Waals surface area contributed by atoms with Gasteiger partial charge in [-0.25, -0.2) is 0 Å². The molecule has 4 aromatic rings. The highest BCUT2D eigenvalue weighted by Gasteiger charge is 2.16. The minimum absolute atomic E-state index is 0.0433. The van der Waals surface area contributed by atoms with E-state index in [-0.39, 0.29) is 11.5 Å². The van der Waals surface area contributed by atoms with Gasteiger partial charge in [0.1, 0.15) is 0 Å². The van der Waals surface area contributed by atoms with Crippen molar-refractivity contribution in [3.8, 4) is 5.69 Å². The summed E-state index contributed by atoms with van der Waals surface area (Å²) in [5, 5.41) is 13.4. The predicted molar refractivity (Wildman–Crippen MR) is 97.2 cm³/mol. The van der Waals surface area contributed by atoms with E-state index in [0.717, 1.165) is 22.2 Å². The first kappa shape index (κ1) is 15.6.